The number of hydrogen-bond acceptors (Lipinski definition) is 2. The van der Waals surface area contributed by atoms with Crippen molar-refractivity contribution in [3.05, 3.63) is 64.7 Å². The van der Waals surface area contributed by atoms with Crippen molar-refractivity contribution < 1.29 is 0 Å². The second kappa shape index (κ2) is 7.28. The second-order valence-corrected chi connectivity index (χ2v) is 5.82. The molecule has 0 spiro atoms. The van der Waals surface area contributed by atoms with E-state index in [0.29, 0.717) is 0 Å². The van der Waals surface area contributed by atoms with E-state index < -0.39 is 0 Å². The molecule has 2 nitrogen and oxygen atoms in total. The predicted molar refractivity (Wildman–Crippen MR) is 92.1 cm³/mol. The third-order valence-electron chi connectivity index (χ3n) is 3.82. The molecule has 0 fully saturated rings. The van der Waals surface area contributed by atoms with E-state index in [1.165, 1.54) is 27.9 Å². The summed E-state index contributed by atoms with van der Waals surface area (Å²) in [4.78, 5) is 2.33. The first-order valence-corrected chi connectivity index (χ1v) is 7.61. The van der Waals surface area contributed by atoms with Gasteiger partial charge in [0.05, 0.1) is 0 Å². The lowest BCUT2D eigenvalue weighted by atomic mass is 10.0. The van der Waals surface area contributed by atoms with Gasteiger partial charge in [0, 0.05) is 19.3 Å². The average Bonchev–Trinajstić information content (AvgIpc) is 2.45. The Kier molecular flexibility index (Phi) is 5.40. The molecular formula is C19H26N2. The van der Waals surface area contributed by atoms with Crippen molar-refractivity contribution in [2.75, 3.05) is 25.5 Å². The maximum Gasteiger partial charge on any atom is 0.0428 e. The molecule has 0 unspecified atom stereocenters. The van der Waals surface area contributed by atoms with Gasteiger partial charge in [-0.3, -0.25) is 0 Å². The van der Waals surface area contributed by atoms with Crippen LogP contribution in [0.3, 0.4) is 0 Å². The molecule has 0 saturated heterocycles. The van der Waals surface area contributed by atoms with E-state index in [1.807, 2.05) is 7.05 Å². The zero-order chi connectivity index (χ0) is 15.2. The van der Waals surface area contributed by atoms with Gasteiger partial charge in [0.1, 0.15) is 0 Å². The quantitative estimate of drug-likeness (QED) is 0.869. The first-order valence-electron chi connectivity index (χ1n) is 7.61. The summed E-state index contributed by atoms with van der Waals surface area (Å²) in [6.07, 6.45) is 1.08. The summed E-state index contributed by atoms with van der Waals surface area (Å²) >= 11 is 0. The van der Waals surface area contributed by atoms with Gasteiger partial charge in [-0.1, -0.05) is 30.3 Å². The summed E-state index contributed by atoms with van der Waals surface area (Å²) in [6.45, 7) is 6.28. The maximum absolute atomic E-state index is 3.23. The standard InChI is InChI=1S/C19H26N2/c1-15-11-16(2)13-19(12-15)21(4)14-18-8-6-5-7-17(18)9-10-20-3/h5-8,11-13,20H,9-10,14H2,1-4H3. The van der Waals surface area contributed by atoms with Gasteiger partial charge in [-0.25, -0.2) is 0 Å². The third-order valence-corrected chi connectivity index (χ3v) is 3.82. The maximum atomic E-state index is 3.23. The lowest BCUT2D eigenvalue weighted by Gasteiger charge is -2.22. The van der Waals surface area contributed by atoms with Crippen LogP contribution in [0, 0.1) is 13.8 Å². The number of nitrogens with zero attached hydrogens (tertiary/aromatic N) is 1. The van der Waals surface area contributed by atoms with Crippen molar-refractivity contribution in [1.29, 1.82) is 0 Å². The molecule has 2 heteroatoms. The Bertz CT molecular complexity index is 570. The summed E-state index contributed by atoms with van der Waals surface area (Å²) in [6, 6.07) is 15.5. The molecule has 2 rings (SSSR count). The SMILES string of the molecule is CNCCc1ccccc1CN(C)c1cc(C)cc(C)c1. The van der Waals surface area contributed by atoms with Gasteiger partial charge in [-0.2, -0.15) is 0 Å². The number of likely N-dealkylation sites (N-methyl/N-ethyl adjacent to an activating group) is 1. The van der Waals surface area contributed by atoms with E-state index in [-0.39, 0.29) is 0 Å². The van der Waals surface area contributed by atoms with Crippen LogP contribution in [0.25, 0.3) is 0 Å². The molecule has 0 aliphatic rings. The highest BCUT2D eigenvalue weighted by atomic mass is 15.1. The smallest absolute Gasteiger partial charge is 0.0428 e. The fourth-order valence-electron chi connectivity index (χ4n) is 2.73. The summed E-state index contributed by atoms with van der Waals surface area (Å²) in [7, 11) is 4.17. The minimum Gasteiger partial charge on any atom is -0.370 e. The van der Waals surface area contributed by atoms with Gasteiger partial charge < -0.3 is 10.2 Å². The molecule has 0 heterocycles. The number of hydrogen-bond donors (Lipinski definition) is 1. The monoisotopic (exact) mass is 282 g/mol. The molecule has 0 radical (unpaired) electrons. The van der Waals surface area contributed by atoms with Gasteiger partial charge in [0.25, 0.3) is 0 Å². The molecule has 0 bridgehead atoms. The number of nitrogens with one attached hydrogen (secondary N) is 1. The lowest BCUT2D eigenvalue weighted by Crippen LogP contribution is -2.19. The molecule has 1 N–H and O–H groups in total. The lowest BCUT2D eigenvalue weighted by molar-refractivity contribution is 0.780. The molecular weight excluding hydrogens is 256 g/mol. The number of aryl methyl sites for hydroxylation is 2. The Morgan fingerprint density at radius 3 is 2.19 bits per heavy atom. The first-order chi connectivity index (χ1) is 10.1. The zero-order valence-corrected chi connectivity index (χ0v) is 13.6. The molecule has 112 valence electrons. The average molecular weight is 282 g/mol. The molecule has 2 aromatic rings. The molecule has 0 amide bonds. The van der Waals surface area contributed by atoms with Gasteiger partial charge in [-0.15, -0.1) is 0 Å². The van der Waals surface area contributed by atoms with Crippen LogP contribution in [0.15, 0.2) is 42.5 Å². The van der Waals surface area contributed by atoms with Crippen LogP contribution < -0.4 is 10.2 Å². The fraction of sp³-hybridized carbons (Fsp3) is 0.368. The van der Waals surface area contributed by atoms with E-state index in [2.05, 4.69) is 73.6 Å². The van der Waals surface area contributed by atoms with Crippen molar-refractivity contribution in [3.8, 4) is 0 Å². The highest BCUT2D eigenvalue weighted by molar-refractivity contribution is 5.51. The number of anilines is 1. The van der Waals surface area contributed by atoms with Crippen LogP contribution in [0.1, 0.15) is 22.3 Å². The Morgan fingerprint density at radius 1 is 0.952 bits per heavy atom. The van der Waals surface area contributed by atoms with Crippen molar-refractivity contribution in [3.63, 3.8) is 0 Å². The van der Waals surface area contributed by atoms with Crippen LogP contribution >= 0.6 is 0 Å². The van der Waals surface area contributed by atoms with Gasteiger partial charge in [0.2, 0.25) is 0 Å². The van der Waals surface area contributed by atoms with Crippen molar-refractivity contribution in [1.82, 2.24) is 5.32 Å². The molecule has 0 atom stereocenters. The van der Waals surface area contributed by atoms with Crippen molar-refractivity contribution in [2.45, 2.75) is 26.8 Å². The minimum atomic E-state index is 0.947. The van der Waals surface area contributed by atoms with Crippen LogP contribution in [-0.4, -0.2) is 20.6 Å². The highest BCUT2D eigenvalue weighted by Gasteiger charge is 2.07. The Hall–Kier alpha value is -1.80. The van der Waals surface area contributed by atoms with Gasteiger partial charge >= 0.3 is 0 Å². The molecule has 2 aromatic carbocycles. The van der Waals surface area contributed by atoms with Crippen LogP contribution in [0.4, 0.5) is 5.69 Å². The molecule has 21 heavy (non-hydrogen) atoms. The Morgan fingerprint density at radius 2 is 1.57 bits per heavy atom. The zero-order valence-electron chi connectivity index (χ0n) is 13.6. The Labute approximate surface area is 128 Å². The van der Waals surface area contributed by atoms with Gasteiger partial charge in [0.15, 0.2) is 0 Å². The summed E-state index contributed by atoms with van der Waals surface area (Å²) < 4.78 is 0. The summed E-state index contributed by atoms with van der Waals surface area (Å²) in [5.74, 6) is 0. The number of benzene rings is 2. The highest BCUT2D eigenvalue weighted by Crippen LogP contribution is 2.21. The van der Waals surface area contributed by atoms with Crippen LogP contribution in [0.2, 0.25) is 0 Å². The van der Waals surface area contributed by atoms with Crippen LogP contribution in [0.5, 0.6) is 0 Å². The van der Waals surface area contributed by atoms with E-state index in [1.54, 1.807) is 0 Å². The Balaban J connectivity index is 2.17. The van der Waals surface area contributed by atoms with E-state index in [4.69, 9.17) is 0 Å². The molecule has 0 aliphatic carbocycles. The molecule has 0 saturated carbocycles. The van der Waals surface area contributed by atoms with E-state index in [9.17, 15) is 0 Å². The van der Waals surface area contributed by atoms with Crippen molar-refractivity contribution in [2.24, 2.45) is 0 Å². The topological polar surface area (TPSA) is 15.3 Å². The summed E-state index contributed by atoms with van der Waals surface area (Å²) in [5, 5.41) is 3.23. The number of rotatable bonds is 6. The van der Waals surface area contributed by atoms with E-state index >= 15 is 0 Å². The predicted octanol–water partition coefficient (Wildman–Crippen LogP) is 3.70. The third kappa shape index (κ3) is 4.33. The largest absolute Gasteiger partial charge is 0.370 e. The van der Waals surface area contributed by atoms with Gasteiger partial charge in [-0.05, 0) is 68.2 Å². The van der Waals surface area contributed by atoms with Crippen LogP contribution in [-0.2, 0) is 13.0 Å². The van der Waals surface area contributed by atoms with Crippen molar-refractivity contribution >= 4 is 5.69 Å². The minimum absolute atomic E-state index is 0.947. The molecule has 0 aromatic heterocycles. The summed E-state index contributed by atoms with van der Waals surface area (Å²) in [5.41, 5.74) is 6.77. The second-order valence-electron chi connectivity index (χ2n) is 5.82. The fourth-order valence-corrected chi connectivity index (χ4v) is 2.73. The normalized spacial score (nSPS) is 10.7. The molecule has 0 aliphatic heterocycles. The first kappa shape index (κ1) is 15.6. The van der Waals surface area contributed by atoms with E-state index in [0.717, 1.165) is 19.5 Å².